The molecule has 0 aromatic rings. The smallest absolute Gasteiger partial charge is 0.410 e. The summed E-state index contributed by atoms with van der Waals surface area (Å²) >= 11 is 0. The number of carbonyl (C=O) groups is 1. The van der Waals surface area contributed by atoms with Gasteiger partial charge >= 0.3 is 6.09 Å². The van der Waals surface area contributed by atoms with Gasteiger partial charge in [0.25, 0.3) is 0 Å². The molecule has 4 nitrogen and oxygen atoms in total. The van der Waals surface area contributed by atoms with Crippen LogP contribution in [0.2, 0.25) is 0 Å². The van der Waals surface area contributed by atoms with Gasteiger partial charge in [-0.15, -0.1) is 0 Å². The zero-order valence-corrected chi connectivity index (χ0v) is 10.0. The van der Waals surface area contributed by atoms with Gasteiger partial charge in [-0.3, -0.25) is 4.99 Å². The summed E-state index contributed by atoms with van der Waals surface area (Å²) in [5.74, 6) is 0. The number of nitrogens with zero attached hydrogens (tertiary/aromatic N) is 2. The summed E-state index contributed by atoms with van der Waals surface area (Å²) in [6, 6.07) is 0. The average molecular weight is 212 g/mol. The molecule has 86 valence electrons. The largest absolute Gasteiger partial charge is 0.444 e. The van der Waals surface area contributed by atoms with Crippen LogP contribution in [0.1, 0.15) is 34.1 Å². The third-order valence-corrected chi connectivity index (χ3v) is 2.14. The van der Waals surface area contributed by atoms with Gasteiger partial charge < -0.3 is 9.64 Å². The zero-order chi connectivity index (χ0) is 11.5. The van der Waals surface area contributed by atoms with Gasteiger partial charge in [-0.2, -0.15) is 0 Å². The maximum absolute atomic E-state index is 11.7. The first-order valence-corrected chi connectivity index (χ1v) is 5.42. The van der Waals surface area contributed by atoms with E-state index in [1.54, 1.807) is 4.90 Å². The monoisotopic (exact) mass is 212 g/mol. The summed E-state index contributed by atoms with van der Waals surface area (Å²) < 4.78 is 5.30. The first-order valence-electron chi connectivity index (χ1n) is 5.42. The van der Waals surface area contributed by atoms with E-state index in [1.165, 1.54) is 0 Å². The lowest BCUT2D eigenvalue weighted by Gasteiger charge is -2.29. The van der Waals surface area contributed by atoms with Crippen molar-refractivity contribution in [1.29, 1.82) is 0 Å². The Bertz CT molecular complexity index is 266. The molecule has 1 heterocycles. The number of amides is 1. The summed E-state index contributed by atoms with van der Waals surface area (Å²) in [4.78, 5) is 17.8. The SMILES string of the molecule is CCC1=NCCN(C(=O)OC(C)(C)C)C1. The van der Waals surface area contributed by atoms with Crippen LogP contribution in [-0.4, -0.2) is 41.9 Å². The summed E-state index contributed by atoms with van der Waals surface area (Å²) in [5, 5.41) is 0. The Balaban J connectivity index is 2.52. The van der Waals surface area contributed by atoms with Crippen LogP contribution in [0.25, 0.3) is 0 Å². The number of rotatable bonds is 1. The van der Waals surface area contributed by atoms with E-state index < -0.39 is 5.60 Å². The van der Waals surface area contributed by atoms with Crippen molar-refractivity contribution in [2.75, 3.05) is 19.6 Å². The van der Waals surface area contributed by atoms with Gasteiger partial charge in [0.1, 0.15) is 5.60 Å². The zero-order valence-electron chi connectivity index (χ0n) is 10.0. The minimum absolute atomic E-state index is 0.233. The number of carbonyl (C=O) groups excluding carboxylic acids is 1. The standard InChI is InChI=1S/C11H20N2O2/c1-5-9-8-13(7-6-12-9)10(14)15-11(2,3)4/h5-8H2,1-4H3. The third kappa shape index (κ3) is 3.90. The van der Waals surface area contributed by atoms with E-state index in [2.05, 4.69) is 11.9 Å². The Morgan fingerprint density at radius 1 is 1.53 bits per heavy atom. The Hall–Kier alpha value is -1.06. The summed E-state index contributed by atoms with van der Waals surface area (Å²) in [7, 11) is 0. The molecule has 0 unspecified atom stereocenters. The van der Waals surface area contributed by atoms with E-state index in [4.69, 9.17) is 4.74 Å². The van der Waals surface area contributed by atoms with Crippen LogP contribution in [0.3, 0.4) is 0 Å². The summed E-state index contributed by atoms with van der Waals surface area (Å²) in [6.45, 7) is 9.67. The van der Waals surface area contributed by atoms with Crippen molar-refractivity contribution in [3.63, 3.8) is 0 Å². The molecule has 0 aromatic heterocycles. The molecule has 0 fully saturated rings. The topological polar surface area (TPSA) is 41.9 Å². The predicted molar refractivity (Wildman–Crippen MR) is 60.4 cm³/mol. The quantitative estimate of drug-likeness (QED) is 0.668. The summed E-state index contributed by atoms with van der Waals surface area (Å²) in [6.07, 6.45) is 0.669. The van der Waals surface area contributed by atoms with Crippen LogP contribution < -0.4 is 0 Å². The molecule has 0 spiro atoms. The highest BCUT2D eigenvalue weighted by atomic mass is 16.6. The molecule has 0 saturated heterocycles. The molecule has 0 atom stereocenters. The first kappa shape index (κ1) is 12.0. The van der Waals surface area contributed by atoms with Crippen LogP contribution in [0.4, 0.5) is 4.79 Å². The van der Waals surface area contributed by atoms with E-state index in [0.29, 0.717) is 19.6 Å². The molecule has 0 aliphatic carbocycles. The molecule has 0 radical (unpaired) electrons. The number of aliphatic imine (C=N–C) groups is 1. The summed E-state index contributed by atoms with van der Waals surface area (Å²) in [5.41, 5.74) is 0.657. The van der Waals surface area contributed by atoms with Gasteiger partial charge in [-0.25, -0.2) is 4.79 Å². The number of hydrogen-bond donors (Lipinski definition) is 0. The fourth-order valence-electron chi connectivity index (χ4n) is 1.38. The van der Waals surface area contributed by atoms with Gasteiger partial charge in [-0.05, 0) is 27.2 Å². The first-order chi connectivity index (χ1) is 6.92. The van der Waals surface area contributed by atoms with Crippen LogP contribution in [-0.2, 0) is 4.74 Å². The number of ether oxygens (including phenoxy) is 1. The van der Waals surface area contributed by atoms with Gasteiger partial charge in [0, 0.05) is 12.3 Å². The van der Waals surface area contributed by atoms with Crippen molar-refractivity contribution in [2.45, 2.75) is 39.7 Å². The van der Waals surface area contributed by atoms with E-state index >= 15 is 0 Å². The van der Waals surface area contributed by atoms with Crippen LogP contribution in [0, 0.1) is 0 Å². The number of hydrogen-bond acceptors (Lipinski definition) is 3. The molecular formula is C11H20N2O2. The highest BCUT2D eigenvalue weighted by Crippen LogP contribution is 2.11. The molecule has 1 rings (SSSR count). The average Bonchev–Trinajstić information content (AvgIpc) is 2.15. The van der Waals surface area contributed by atoms with E-state index in [1.807, 2.05) is 20.8 Å². The van der Waals surface area contributed by atoms with Crippen molar-refractivity contribution in [3.8, 4) is 0 Å². The van der Waals surface area contributed by atoms with Crippen molar-refractivity contribution in [1.82, 2.24) is 4.90 Å². The van der Waals surface area contributed by atoms with E-state index in [0.717, 1.165) is 12.1 Å². The second-order valence-electron chi connectivity index (χ2n) is 4.70. The fraction of sp³-hybridized carbons (Fsp3) is 0.818. The lowest BCUT2D eigenvalue weighted by Crippen LogP contribution is -2.43. The molecule has 1 aliphatic rings. The van der Waals surface area contributed by atoms with Gasteiger partial charge in [-0.1, -0.05) is 6.92 Å². The second-order valence-corrected chi connectivity index (χ2v) is 4.70. The third-order valence-electron chi connectivity index (χ3n) is 2.14. The molecule has 15 heavy (non-hydrogen) atoms. The second kappa shape index (κ2) is 4.64. The van der Waals surface area contributed by atoms with Crippen molar-refractivity contribution >= 4 is 11.8 Å². The molecular weight excluding hydrogens is 192 g/mol. The van der Waals surface area contributed by atoms with Crippen molar-refractivity contribution in [3.05, 3.63) is 0 Å². The minimum atomic E-state index is -0.419. The van der Waals surface area contributed by atoms with Crippen LogP contribution in [0.15, 0.2) is 4.99 Å². The molecule has 0 N–H and O–H groups in total. The lowest BCUT2D eigenvalue weighted by atomic mass is 10.2. The predicted octanol–water partition coefficient (Wildman–Crippen LogP) is 2.09. The van der Waals surface area contributed by atoms with Crippen molar-refractivity contribution in [2.24, 2.45) is 4.99 Å². The minimum Gasteiger partial charge on any atom is -0.444 e. The van der Waals surface area contributed by atoms with E-state index in [9.17, 15) is 4.79 Å². The molecule has 1 amide bonds. The van der Waals surface area contributed by atoms with Gasteiger partial charge in [0.05, 0.1) is 13.1 Å². The van der Waals surface area contributed by atoms with Crippen LogP contribution in [0.5, 0.6) is 0 Å². The Kier molecular flexibility index (Phi) is 3.72. The van der Waals surface area contributed by atoms with Gasteiger partial charge in [0.2, 0.25) is 0 Å². The maximum atomic E-state index is 11.7. The van der Waals surface area contributed by atoms with E-state index in [-0.39, 0.29) is 6.09 Å². The lowest BCUT2D eigenvalue weighted by molar-refractivity contribution is 0.0277. The normalized spacial score (nSPS) is 17.3. The Labute approximate surface area is 91.3 Å². The maximum Gasteiger partial charge on any atom is 0.410 e. The highest BCUT2D eigenvalue weighted by Gasteiger charge is 2.24. The van der Waals surface area contributed by atoms with Crippen molar-refractivity contribution < 1.29 is 9.53 Å². The van der Waals surface area contributed by atoms with Gasteiger partial charge in [0.15, 0.2) is 0 Å². The molecule has 0 saturated carbocycles. The Morgan fingerprint density at radius 3 is 2.73 bits per heavy atom. The molecule has 0 aromatic carbocycles. The molecule has 1 aliphatic heterocycles. The Morgan fingerprint density at radius 2 is 2.20 bits per heavy atom. The van der Waals surface area contributed by atoms with Crippen LogP contribution >= 0.6 is 0 Å². The molecule has 4 heteroatoms. The fourth-order valence-corrected chi connectivity index (χ4v) is 1.38. The molecule has 0 bridgehead atoms. The highest BCUT2D eigenvalue weighted by molar-refractivity contribution is 5.89.